The quantitative estimate of drug-likeness (QED) is 0.197. The zero-order valence-corrected chi connectivity index (χ0v) is 23.2. The first-order chi connectivity index (χ1) is 19.6. The maximum absolute atomic E-state index is 13.1. The number of aryl methyl sites for hydroxylation is 1. The fraction of sp³-hybridized carbons (Fsp3) is 0.241. The van der Waals surface area contributed by atoms with E-state index < -0.39 is 0 Å². The summed E-state index contributed by atoms with van der Waals surface area (Å²) in [6.07, 6.45) is 3.01. The molecule has 0 unspecified atom stereocenters. The molecule has 3 aromatic carbocycles. The third-order valence-corrected chi connectivity index (χ3v) is 7.40. The summed E-state index contributed by atoms with van der Waals surface area (Å²) in [6, 6.07) is 23.1. The van der Waals surface area contributed by atoms with E-state index in [0.717, 1.165) is 52.9 Å². The Morgan fingerprint density at radius 3 is 2.62 bits per heavy atom. The van der Waals surface area contributed by atoms with Crippen LogP contribution in [0.4, 0.5) is 5.69 Å². The number of ether oxygens (including phenoxy) is 1. The number of nitrogens with zero attached hydrogens (tertiary/aromatic N) is 6. The topological polar surface area (TPSA) is 124 Å². The Morgan fingerprint density at radius 1 is 1.00 bits per heavy atom. The van der Waals surface area contributed by atoms with Crippen molar-refractivity contribution in [1.29, 1.82) is 0 Å². The Labute approximate surface area is 236 Å². The second-order valence-electron chi connectivity index (χ2n) is 9.16. The minimum Gasteiger partial charge on any atom is -0.497 e. The van der Waals surface area contributed by atoms with Gasteiger partial charge in [0.05, 0.1) is 19.2 Å². The first kappa shape index (κ1) is 27.1. The molecule has 5 rings (SSSR count). The van der Waals surface area contributed by atoms with Gasteiger partial charge in [0, 0.05) is 23.4 Å². The lowest BCUT2D eigenvalue weighted by Crippen LogP contribution is -2.13. The van der Waals surface area contributed by atoms with Crippen molar-refractivity contribution in [2.75, 3.05) is 12.4 Å². The average Bonchev–Trinajstić information content (AvgIpc) is 3.67. The third kappa shape index (κ3) is 6.55. The van der Waals surface area contributed by atoms with Crippen LogP contribution in [0.2, 0.25) is 0 Å². The summed E-state index contributed by atoms with van der Waals surface area (Å²) >= 11 is 1.66. The van der Waals surface area contributed by atoms with Crippen molar-refractivity contribution < 1.29 is 9.53 Å². The number of H-pyrrole nitrogens is 1. The van der Waals surface area contributed by atoms with Crippen LogP contribution in [-0.2, 0) is 18.7 Å². The summed E-state index contributed by atoms with van der Waals surface area (Å²) in [4.78, 5) is 13.1. The molecule has 0 atom stereocenters. The number of aromatic nitrogens is 7. The van der Waals surface area contributed by atoms with E-state index in [2.05, 4.69) is 53.7 Å². The highest BCUT2D eigenvalue weighted by Crippen LogP contribution is 2.26. The molecule has 11 heteroatoms. The van der Waals surface area contributed by atoms with Crippen molar-refractivity contribution >= 4 is 23.4 Å². The van der Waals surface area contributed by atoms with Crippen LogP contribution in [0.3, 0.4) is 0 Å². The van der Waals surface area contributed by atoms with Crippen molar-refractivity contribution in [3.63, 3.8) is 0 Å². The van der Waals surface area contributed by atoms with Gasteiger partial charge < -0.3 is 14.6 Å². The fourth-order valence-corrected chi connectivity index (χ4v) is 5.14. The van der Waals surface area contributed by atoms with Gasteiger partial charge in [-0.15, -0.1) is 20.4 Å². The van der Waals surface area contributed by atoms with Gasteiger partial charge in [0.25, 0.3) is 5.91 Å². The number of nitrogens with one attached hydrogen (secondary N) is 2. The smallest absolute Gasteiger partial charge is 0.256 e. The Kier molecular flexibility index (Phi) is 8.82. The number of thioether (sulfide) groups is 1. The van der Waals surface area contributed by atoms with Gasteiger partial charge in [-0.1, -0.05) is 67.6 Å². The van der Waals surface area contributed by atoms with E-state index in [4.69, 9.17) is 4.74 Å². The summed E-state index contributed by atoms with van der Waals surface area (Å²) in [7, 11) is 1.68. The summed E-state index contributed by atoms with van der Waals surface area (Å²) in [5.74, 6) is 2.71. The number of aromatic amines is 1. The predicted octanol–water partition coefficient (Wildman–Crippen LogP) is 5.40. The van der Waals surface area contributed by atoms with Crippen molar-refractivity contribution in [3.8, 4) is 17.1 Å². The van der Waals surface area contributed by atoms with Crippen LogP contribution in [0, 0.1) is 0 Å². The van der Waals surface area contributed by atoms with E-state index in [1.54, 1.807) is 37.1 Å². The molecular weight excluding hydrogens is 524 g/mol. The number of unbranched alkanes of at least 4 members (excludes halogenated alkanes) is 1. The molecule has 0 aliphatic heterocycles. The van der Waals surface area contributed by atoms with Crippen molar-refractivity contribution in [1.82, 2.24) is 35.4 Å². The van der Waals surface area contributed by atoms with Crippen LogP contribution >= 0.6 is 11.8 Å². The largest absolute Gasteiger partial charge is 0.497 e. The molecule has 2 heterocycles. The standard InChI is InChI=1S/C29H30N8O2S/c1-3-4-12-26-31-34-29(40-19-21-8-7-9-23(17-21)39-2)37(26)18-20-13-15-22(16-14-20)30-28(38)25-11-6-5-10-24(25)27-32-35-36-33-27/h5-11,13-17H,3-4,12,18-19H2,1-2H3,(H,30,38)(H,32,33,35,36). The number of carbonyl (C=O) groups is 1. The molecule has 0 saturated carbocycles. The molecule has 0 bridgehead atoms. The molecule has 0 spiro atoms. The highest BCUT2D eigenvalue weighted by atomic mass is 32.2. The van der Waals surface area contributed by atoms with Crippen LogP contribution < -0.4 is 10.1 Å². The molecule has 204 valence electrons. The van der Waals surface area contributed by atoms with Gasteiger partial charge in [-0.25, -0.2) is 0 Å². The first-order valence-electron chi connectivity index (χ1n) is 13.1. The zero-order valence-electron chi connectivity index (χ0n) is 22.4. The zero-order chi connectivity index (χ0) is 27.7. The number of rotatable bonds is 12. The van der Waals surface area contributed by atoms with Crippen LogP contribution in [0.15, 0.2) is 78.0 Å². The van der Waals surface area contributed by atoms with Crippen molar-refractivity contribution in [3.05, 3.63) is 95.3 Å². The number of anilines is 1. The van der Waals surface area contributed by atoms with E-state index in [-0.39, 0.29) is 5.91 Å². The summed E-state index contributed by atoms with van der Waals surface area (Å²) < 4.78 is 7.55. The summed E-state index contributed by atoms with van der Waals surface area (Å²) in [5, 5.41) is 26.9. The van der Waals surface area contributed by atoms with E-state index in [0.29, 0.717) is 29.2 Å². The lowest BCUT2D eigenvalue weighted by Gasteiger charge is -2.12. The van der Waals surface area contributed by atoms with Crippen LogP contribution in [0.1, 0.15) is 47.1 Å². The Hall–Kier alpha value is -4.51. The van der Waals surface area contributed by atoms with Crippen molar-refractivity contribution in [2.45, 2.75) is 43.6 Å². The van der Waals surface area contributed by atoms with Gasteiger partial charge in [0.2, 0.25) is 5.82 Å². The monoisotopic (exact) mass is 554 g/mol. The normalized spacial score (nSPS) is 10.9. The first-order valence-corrected chi connectivity index (χ1v) is 14.0. The Morgan fingerprint density at radius 2 is 1.85 bits per heavy atom. The van der Waals surface area contributed by atoms with E-state index >= 15 is 0 Å². The number of benzene rings is 3. The number of methoxy groups -OCH3 is 1. The van der Waals surface area contributed by atoms with Crippen LogP contribution in [0.5, 0.6) is 5.75 Å². The fourth-order valence-electron chi connectivity index (χ4n) is 4.24. The number of carbonyl (C=O) groups excluding carboxylic acids is 1. The SMILES string of the molecule is CCCCc1nnc(SCc2cccc(OC)c2)n1Cc1ccc(NC(=O)c2ccccc2-c2nn[nH]n2)cc1. The summed E-state index contributed by atoms with van der Waals surface area (Å²) in [5.41, 5.74) is 4.02. The van der Waals surface area contributed by atoms with Crippen LogP contribution in [0.25, 0.3) is 11.4 Å². The average molecular weight is 555 g/mol. The van der Waals surface area contributed by atoms with Gasteiger partial charge in [-0.05, 0) is 53.1 Å². The Balaban J connectivity index is 1.29. The lowest BCUT2D eigenvalue weighted by molar-refractivity contribution is 0.102. The van der Waals surface area contributed by atoms with E-state index in [9.17, 15) is 4.79 Å². The molecule has 0 aliphatic carbocycles. The minimum absolute atomic E-state index is 0.245. The maximum atomic E-state index is 13.1. The second kappa shape index (κ2) is 13.0. The molecule has 5 aromatic rings. The van der Waals surface area contributed by atoms with E-state index in [1.165, 1.54) is 0 Å². The van der Waals surface area contributed by atoms with Gasteiger partial charge in [-0.2, -0.15) is 5.21 Å². The lowest BCUT2D eigenvalue weighted by atomic mass is 10.1. The molecule has 0 radical (unpaired) electrons. The molecule has 0 aliphatic rings. The van der Waals surface area contributed by atoms with Gasteiger partial charge in [0.15, 0.2) is 5.16 Å². The van der Waals surface area contributed by atoms with Crippen molar-refractivity contribution in [2.24, 2.45) is 0 Å². The second-order valence-corrected chi connectivity index (χ2v) is 10.1. The third-order valence-electron chi connectivity index (χ3n) is 6.36. The van der Waals surface area contributed by atoms with E-state index in [1.807, 2.05) is 48.5 Å². The molecule has 2 aromatic heterocycles. The molecule has 1 amide bonds. The highest BCUT2D eigenvalue weighted by Gasteiger charge is 2.16. The van der Waals surface area contributed by atoms with Gasteiger partial charge in [-0.3, -0.25) is 4.79 Å². The number of hydrogen-bond acceptors (Lipinski definition) is 8. The molecule has 40 heavy (non-hydrogen) atoms. The molecule has 10 nitrogen and oxygen atoms in total. The van der Waals surface area contributed by atoms with Crippen LogP contribution in [-0.4, -0.2) is 48.4 Å². The Bertz CT molecular complexity index is 1550. The number of hydrogen-bond donors (Lipinski definition) is 2. The van der Waals surface area contributed by atoms with Gasteiger partial charge >= 0.3 is 0 Å². The highest BCUT2D eigenvalue weighted by molar-refractivity contribution is 7.98. The molecule has 0 saturated heterocycles. The minimum atomic E-state index is -0.245. The molecule has 0 fully saturated rings. The number of tetrazole rings is 1. The van der Waals surface area contributed by atoms with Gasteiger partial charge in [0.1, 0.15) is 11.6 Å². The summed E-state index contributed by atoms with van der Waals surface area (Å²) in [6.45, 7) is 2.81. The predicted molar refractivity (Wildman–Crippen MR) is 154 cm³/mol. The molecular formula is C29H30N8O2S. The maximum Gasteiger partial charge on any atom is 0.256 e. The molecule has 2 N–H and O–H groups in total. The number of amides is 1.